The number of hydrogen-bond acceptors (Lipinski definition) is 2. The summed E-state index contributed by atoms with van der Waals surface area (Å²) in [5.41, 5.74) is 0. The molecule has 0 bridgehead atoms. The van der Waals surface area contributed by atoms with Gasteiger partial charge in [-0.3, -0.25) is 4.55 Å². The number of halogens is 5. The fraction of sp³-hybridized carbons (Fsp3) is 1.00. The fourth-order valence-corrected chi connectivity index (χ4v) is 0.439. The number of rotatable bonds is 1. The average molecular weight is 226 g/mol. The maximum Gasteiger partial charge on any atom is 2.00 e. The van der Waals surface area contributed by atoms with E-state index in [1.165, 1.54) is 0 Å². The number of alkyl halides is 5. The molecule has 0 saturated heterocycles. The van der Waals surface area contributed by atoms with Crippen LogP contribution in [0.15, 0.2) is 0 Å². The third-order valence-electron chi connectivity index (χ3n) is 0.654. The minimum Gasteiger partial charge on any atom is -1.00 e. The average Bonchev–Trinajstić information content (AvgIpc) is 1.58. The summed E-state index contributed by atoms with van der Waals surface area (Å²) in [4.78, 5) is 0. The molecular weight excluding hydrogens is 223 g/mol. The molecule has 0 rings (SSSR count). The van der Waals surface area contributed by atoms with Gasteiger partial charge in [0, 0.05) is 0 Å². The van der Waals surface area contributed by atoms with Gasteiger partial charge in [-0.15, -0.1) is 0 Å². The van der Waals surface area contributed by atoms with E-state index in [-0.39, 0.29) is 25.9 Å². The van der Waals surface area contributed by atoms with Crippen molar-refractivity contribution in [3.05, 3.63) is 0 Å². The molecule has 0 unspecified atom stereocenters. The summed E-state index contributed by atoms with van der Waals surface area (Å²) in [5, 5.41) is -6.10. The van der Waals surface area contributed by atoms with Crippen molar-refractivity contribution in [2.24, 2.45) is 0 Å². The van der Waals surface area contributed by atoms with Gasteiger partial charge in [-0.2, -0.15) is 30.4 Å². The quantitative estimate of drug-likeness (QED) is 0.410. The third kappa shape index (κ3) is 2.67. The van der Waals surface area contributed by atoms with E-state index < -0.39 is 21.5 Å². The SMILES string of the molecule is O=S(=O)(O)C(F)(F)C(F)(F)F.[H-].[H-].[Mg+2]. The third-order valence-corrected chi connectivity index (χ3v) is 1.53. The van der Waals surface area contributed by atoms with Crippen molar-refractivity contribution in [2.45, 2.75) is 11.4 Å². The summed E-state index contributed by atoms with van der Waals surface area (Å²) in [5.74, 6) is 0. The van der Waals surface area contributed by atoms with Crippen molar-refractivity contribution in [1.82, 2.24) is 0 Å². The zero-order chi connectivity index (χ0) is 9.50. The molecule has 0 aromatic rings. The van der Waals surface area contributed by atoms with E-state index in [9.17, 15) is 30.4 Å². The molecule has 3 nitrogen and oxygen atoms in total. The predicted octanol–water partition coefficient (Wildman–Crippen LogP) is 0.874. The Labute approximate surface area is 82.8 Å². The summed E-state index contributed by atoms with van der Waals surface area (Å²) in [6.45, 7) is 0. The molecule has 72 valence electrons. The molecule has 0 aliphatic rings. The van der Waals surface area contributed by atoms with Crippen molar-refractivity contribution in [3.63, 3.8) is 0 Å². The molecule has 0 spiro atoms. The molecule has 0 radical (unpaired) electrons. The van der Waals surface area contributed by atoms with E-state index in [1.54, 1.807) is 0 Å². The van der Waals surface area contributed by atoms with Crippen LogP contribution in [0.4, 0.5) is 22.0 Å². The molecule has 1 N–H and O–H groups in total. The fourth-order valence-electron chi connectivity index (χ4n) is 0.146. The predicted molar refractivity (Wildman–Crippen MR) is 30.5 cm³/mol. The zero-order valence-electron chi connectivity index (χ0n) is 7.27. The molecule has 0 fully saturated rings. The maximum atomic E-state index is 11.5. The van der Waals surface area contributed by atoms with Gasteiger partial charge in [0.25, 0.3) is 0 Å². The van der Waals surface area contributed by atoms with Gasteiger partial charge in [-0.1, -0.05) is 0 Å². The van der Waals surface area contributed by atoms with E-state index in [0.29, 0.717) is 0 Å². The van der Waals surface area contributed by atoms with Gasteiger partial charge in [-0.05, 0) is 0 Å². The zero-order valence-corrected chi connectivity index (χ0v) is 7.50. The number of hydrogen-bond donors (Lipinski definition) is 1. The van der Waals surface area contributed by atoms with Crippen LogP contribution in [0.1, 0.15) is 2.85 Å². The minimum atomic E-state index is -6.42. The van der Waals surface area contributed by atoms with Crippen molar-refractivity contribution < 1.29 is 37.8 Å². The maximum absolute atomic E-state index is 11.5. The van der Waals surface area contributed by atoms with Crippen LogP contribution in [0.25, 0.3) is 0 Å². The summed E-state index contributed by atoms with van der Waals surface area (Å²) in [6, 6.07) is 0. The van der Waals surface area contributed by atoms with E-state index in [4.69, 9.17) is 4.55 Å². The molecule has 0 aromatic carbocycles. The Kier molecular flexibility index (Phi) is 4.44. The summed E-state index contributed by atoms with van der Waals surface area (Å²) in [6.07, 6.45) is -6.29. The van der Waals surface area contributed by atoms with Crippen molar-refractivity contribution in [3.8, 4) is 0 Å². The Morgan fingerprint density at radius 3 is 1.33 bits per heavy atom. The van der Waals surface area contributed by atoms with Gasteiger partial charge >= 0.3 is 44.6 Å². The van der Waals surface area contributed by atoms with Gasteiger partial charge in [0.05, 0.1) is 0 Å². The van der Waals surface area contributed by atoms with Crippen LogP contribution in [0.3, 0.4) is 0 Å². The molecule has 12 heavy (non-hydrogen) atoms. The molecule has 0 amide bonds. The second-order valence-electron chi connectivity index (χ2n) is 1.49. The van der Waals surface area contributed by atoms with Gasteiger partial charge in [0.15, 0.2) is 0 Å². The van der Waals surface area contributed by atoms with Crippen LogP contribution in [-0.2, 0) is 10.1 Å². The van der Waals surface area contributed by atoms with Crippen LogP contribution >= 0.6 is 0 Å². The summed E-state index contributed by atoms with van der Waals surface area (Å²) < 4.78 is 82.2. The van der Waals surface area contributed by atoms with Crippen molar-refractivity contribution in [1.29, 1.82) is 0 Å². The first-order valence-corrected chi connectivity index (χ1v) is 3.36. The summed E-state index contributed by atoms with van der Waals surface area (Å²) in [7, 11) is -6.42. The van der Waals surface area contributed by atoms with Crippen LogP contribution in [0, 0.1) is 0 Å². The van der Waals surface area contributed by atoms with Crippen molar-refractivity contribution in [2.75, 3.05) is 0 Å². The Hall–Kier alpha value is 0.326. The van der Waals surface area contributed by atoms with Crippen molar-refractivity contribution >= 4 is 33.2 Å². The Morgan fingerprint density at radius 1 is 1.08 bits per heavy atom. The normalized spacial score (nSPS) is 13.8. The smallest absolute Gasteiger partial charge is 1.00 e. The van der Waals surface area contributed by atoms with Crippen LogP contribution in [0.2, 0.25) is 0 Å². The summed E-state index contributed by atoms with van der Waals surface area (Å²) >= 11 is 0. The Morgan fingerprint density at radius 2 is 1.33 bits per heavy atom. The first-order valence-electron chi connectivity index (χ1n) is 1.91. The van der Waals surface area contributed by atoms with Gasteiger partial charge in [0.2, 0.25) is 0 Å². The van der Waals surface area contributed by atoms with E-state index in [2.05, 4.69) is 0 Å². The van der Waals surface area contributed by atoms with Crippen LogP contribution < -0.4 is 0 Å². The second kappa shape index (κ2) is 3.60. The van der Waals surface area contributed by atoms with Crippen LogP contribution in [-0.4, -0.2) is 47.5 Å². The van der Waals surface area contributed by atoms with Gasteiger partial charge < -0.3 is 2.85 Å². The molecule has 0 atom stereocenters. The van der Waals surface area contributed by atoms with E-state index in [0.717, 1.165) is 0 Å². The topological polar surface area (TPSA) is 54.4 Å². The molecule has 10 heteroatoms. The molecule has 0 heterocycles. The minimum absolute atomic E-state index is 0. The molecule has 0 aliphatic carbocycles. The van der Waals surface area contributed by atoms with Crippen LogP contribution in [0.5, 0.6) is 0 Å². The van der Waals surface area contributed by atoms with E-state index in [1.807, 2.05) is 0 Å². The van der Waals surface area contributed by atoms with Gasteiger partial charge in [-0.25, -0.2) is 0 Å². The first kappa shape index (κ1) is 14.8. The molecule has 0 aromatic heterocycles. The van der Waals surface area contributed by atoms with E-state index >= 15 is 0 Å². The van der Waals surface area contributed by atoms with Gasteiger partial charge in [0.1, 0.15) is 0 Å². The molecule has 0 saturated carbocycles. The standard InChI is InChI=1S/C2HF5O3S.Mg.2H/c3-1(4,5)2(6,7)11(8,9)10;;;/h(H,8,9,10);;;/q;+2;2*-1. The molecular formula is C2H3F5MgO3S. The second-order valence-corrected chi connectivity index (χ2v) is 2.95. The molecule has 0 aliphatic heterocycles. The Bertz CT molecular complexity index is 250. The monoisotopic (exact) mass is 226 g/mol. The largest absolute Gasteiger partial charge is 2.00 e. The first-order chi connectivity index (χ1) is 4.50. The Balaban J connectivity index is -0.000000167.